The topological polar surface area (TPSA) is 69.7 Å². The van der Waals surface area contributed by atoms with Crippen LogP contribution in [0.2, 0.25) is 0 Å². The molecule has 0 radical (unpaired) electrons. The minimum absolute atomic E-state index is 0.259. The fourth-order valence-corrected chi connectivity index (χ4v) is 6.51. The maximum Gasteiger partial charge on any atom is 0.255 e. The number of aryl methyl sites for hydroxylation is 2. The molecule has 4 rings (SSSR count). The van der Waals surface area contributed by atoms with Crippen LogP contribution in [0.5, 0.6) is 0 Å². The summed E-state index contributed by atoms with van der Waals surface area (Å²) >= 11 is 0. The van der Waals surface area contributed by atoms with Gasteiger partial charge in [-0.05, 0) is 87.4 Å². The number of anilines is 2. The highest BCUT2D eigenvalue weighted by atomic mass is 32.2. The maximum absolute atomic E-state index is 13.6. The first-order valence-electron chi connectivity index (χ1n) is 11.6. The van der Waals surface area contributed by atoms with Gasteiger partial charge in [-0.15, -0.1) is 0 Å². The second-order valence-electron chi connectivity index (χ2n) is 9.03. The molecule has 2 aromatic rings. The lowest BCUT2D eigenvalue weighted by molar-refractivity contribution is 0.102. The van der Waals surface area contributed by atoms with Crippen LogP contribution >= 0.6 is 0 Å². The molecule has 172 valence electrons. The van der Waals surface area contributed by atoms with E-state index in [9.17, 15) is 13.2 Å². The fourth-order valence-electron chi connectivity index (χ4n) is 4.75. The Bertz CT molecular complexity index is 1070. The summed E-state index contributed by atoms with van der Waals surface area (Å²) < 4.78 is 28.9. The monoisotopic (exact) mass is 455 g/mol. The average molecular weight is 456 g/mol. The van der Waals surface area contributed by atoms with Crippen LogP contribution in [0.3, 0.4) is 0 Å². The number of carbonyl (C=O) groups is 1. The number of sulfonamides is 1. The Hall–Kier alpha value is -2.38. The van der Waals surface area contributed by atoms with Crippen molar-refractivity contribution in [3.63, 3.8) is 0 Å². The molecule has 1 N–H and O–H groups in total. The molecule has 2 aliphatic rings. The van der Waals surface area contributed by atoms with Crippen LogP contribution in [0.1, 0.15) is 60.0 Å². The van der Waals surface area contributed by atoms with E-state index in [4.69, 9.17) is 0 Å². The largest absolute Gasteiger partial charge is 0.370 e. The number of nitrogens with zero attached hydrogens (tertiary/aromatic N) is 2. The lowest BCUT2D eigenvalue weighted by Gasteiger charge is -2.33. The van der Waals surface area contributed by atoms with E-state index in [0.29, 0.717) is 24.3 Å². The zero-order chi connectivity index (χ0) is 22.7. The SMILES string of the molecule is Cc1cc(C)cc(NC(=O)c2ccc(N3CCCCC3)c(S(=O)(=O)N3CCCCC3)c2)c1. The van der Waals surface area contributed by atoms with E-state index in [1.54, 1.807) is 16.4 Å². The van der Waals surface area contributed by atoms with Crippen molar-refractivity contribution in [3.8, 4) is 0 Å². The molecule has 32 heavy (non-hydrogen) atoms. The summed E-state index contributed by atoms with van der Waals surface area (Å²) in [5.41, 5.74) is 3.93. The summed E-state index contributed by atoms with van der Waals surface area (Å²) in [5, 5.41) is 2.94. The van der Waals surface area contributed by atoms with Crippen molar-refractivity contribution in [2.75, 3.05) is 36.4 Å². The quantitative estimate of drug-likeness (QED) is 0.708. The molecule has 2 fully saturated rings. The van der Waals surface area contributed by atoms with Crippen LogP contribution < -0.4 is 10.2 Å². The Morgan fingerprint density at radius 3 is 2.03 bits per heavy atom. The minimum atomic E-state index is -3.67. The Morgan fingerprint density at radius 2 is 1.41 bits per heavy atom. The second kappa shape index (κ2) is 9.63. The van der Waals surface area contributed by atoms with E-state index < -0.39 is 10.0 Å². The van der Waals surface area contributed by atoms with Crippen LogP contribution in [0.25, 0.3) is 0 Å². The number of hydrogen-bond donors (Lipinski definition) is 1. The van der Waals surface area contributed by atoms with E-state index in [1.807, 2.05) is 38.1 Å². The smallest absolute Gasteiger partial charge is 0.255 e. The third-order valence-corrected chi connectivity index (χ3v) is 8.26. The molecule has 0 aliphatic carbocycles. The summed E-state index contributed by atoms with van der Waals surface area (Å²) in [6.45, 7) is 6.74. The first-order valence-corrected chi connectivity index (χ1v) is 13.1. The summed E-state index contributed by atoms with van der Waals surface area (Å²) in [7, 11) is -3.67. The van der Waals surface area contributed by atoms with Gasteiger partial charge in [0.25, 0.3) is 5.91 Å². The van der Waals surface area contributed by atoms with Crippen LogP contribution in [0.4, 0.5) is 11.4 Å². The lowest BCUT2D eigenvalue weighted by Crippen LogP contribution is -2.37. The Balaban J connectivity index is 1.69. The summed E-state index contributed by atoms with van der Waals surface area (Å²) in [6, 6.07) is 11.0. The molecule has 6 nitrogen and oxygen atoms in total. The van der Waals surface area contributed by atoms with Crippen LogP contribution in [-0.2, 0) is 10.0 Å². The summed E-state index contributed by atoms with van der Waals surface area (Å²) in [5.74, 6) is -0.296. The van der Waals surface area contributed by atoms with E-state index in [-0.39, 0.29) is 10.8 Å². The van der Waals surface area contributed by atoms with Gasteiger partial charge in [-0.1, -0.05) is 12.5 Å². The summed E-state index contributed by atoms with van der Waals surface area (Å²) in [4.78, 5) is 15.5. The van der Waals surface area contributed by atoms with E-state index >= 15 is 0 Å². The van der Waals surface area contributed by atoms with Gasteiger partial charge in [0.05, 0.1) is 5.69 Å². The van der Waals surface area contributed by atoms with Crippen molar-refractivity contribution in [1.82, 2.24) is 4.31 Å². The Kier molecular flexibility index (Phi) is 6.86. The van der Waals surface area contributed by atoms with Crippen molar-refractivity contribution < 1.29 is 13.2 Å². The molecule has 0 spiro atoms. The van der Waals surface area contributed by atoms with Gasteiger partial charge in [0.2, 0.25) is 10.0 Å². The molecule has 2 aliphatic heterocycles. The Morgan fingerprint density at radius 1 is 0.812 bits per heavy atom. The zero-order valence-electron chi connectivity index (χ0n) is 19.1. The predicted molar refractivity (Wildman–Crippen MR) is 129 cm³/mol. The van der Waals surface area contributed by atoms with E-state index in [2.05, 4.69) is 10.2 Å². The van der Waals surface area contributed by atoms with Crippen molar-refractivity contribution in [2.24, 2.45) is 0 Å². The van der Waals surface area contributed by atoms with Crippen LogP contribution in [0, 0.1) is 13.8 Å². The highest BCUT2D eigenvalue weighted by molar-refractivity contribution is 7.89. The normalized spacial score (nSPS) is 17.9. The van der Waals surface area contributed by atoms with E-state index in [0.717, 1.165) is 62.0 Å². The first-order chi connectivity index (χ1) is 15.3. The highest BCUT2D eigenvalue weighted by Gasteiger charge is 2.31. The number of carbonyl (C=O) groups excluding carboxylic acids is 1. The molecular weight excluding hydrogens is 422 g/mol. The van der Waals surface area contributed by atoms with E-state index in [1.165, 1.54) is 6.42 Å². The molecule has 2 saturated heterocycles. The van der Waals surface area contributed by atoms with Crippen molar-refractivity contribution in [3.05, 3.63) is 53.1 Å². The Labute approximate surface area is 191 Å². The van der Waals surface area contributed by atoms with Gasteiger partial charge in [-0.25, -0.2) is 8.42 Å². The fraction of sp³-hybridized carbons (Fsp3) is 0.480. The lowest BCUT2D eigenvalue weighted by atomic mass is 10.1. The molecule has 2 heterocycles. The van der Waals surface area contributed by atoms with Gasteiger partial charge in [-0.2, -0.15) is 4.31 Å². The second-order valence-corrected chi connectivity index (χ2v) is 10.9. The van der Waals surface area contributed by atoms with Crippen molar-refractivity contribution >= 4 is 27.3 Å². The van der Waals surface area contributed by atoms with Gasteiger partial charge in [0, 0.05) is 37.4 Å². The molecule has 7 heteroatoms. The molecule has 2 aromatic carbocycles. The van der Waals surface area contributed by atoms with Gasteiger partial charge in [0.1, 0.15) is 4.90 Å². The molecule has 1 amide bonds. The third kappa shape index (κ3) is 4.99. The highest BCUT2D eigenvalue weighted by Crippen LogP contribution is 2.32. The number of benzene rings is 2. The van der Waals surface area contributed by atoms with Gasteiger partial charge in [0.15, 0.2) is 0 Å². The standard InChI is InChI=1S/C25H33N3O3S/c1-19-15-20(2)17-22(16-19)26-25(29)21-9-10-23(27-11-5-3-6-12-27)24(18-21)32(30,31)28-13-7-4-8-14-28/h9-10,15-18H,3-8,11-14H2,1-2H3,(H,26,29). The number of nitrogens with one attached hydrogen (secondary N) is 1. The number of hydrogen-bond acceptors (Lipinski definition) is 4. The first kappa shape index (κ1) is 22.8. The molecule has 0 saturated carbocycles. The van der Waals surface area contributed by atoms with Gasteiger partial charge < -0.3 is 10.2 Å². The van der Waals surface area contributed by atoms with Gasteiger partial charge >= 0.3 is 0 Å². The zero-order valence-corrected chi connectivity index (χ0v) is 19.9. The van der Waals surface area contributed by atoms with Crippen molar-refractivity contribution in [2.45, 2.75) is 57.3 Å². The maximum atomic E-state index is 13.6. The molecule has 0 aromatic heterocycles. The van der Waals surface area contributed by atoms with Crippen molar-refractivity contribution in [1.29, 1.82) is 0 Å². The number of piperidine rings is 2. The third-order valence-electron chi connectivity index (χ3n) is 6.33. The number of rotatable bonds is 5. The van der Waals surface area contributed by atoms with Crippen LogP contribution in [0.15, 0.2) is 41.3 Å². The van der Waals surface area contributed by atoms with Crippen LogP contribution in [-0.4, -0.2) is 44.8 Å². The average Bonchev–Trinajstić information content (AvgIpc) is 2.79. The molecule has 0 unspecified atom stereocenters. The summed E-state index contributed by atoms with van der Waals surface area (Å²) in [6.07, 6.45) is 6.09. The van der Waals surface area contributed by atoms with Gasteiger partial charge in [-0.3, -0.25) is 4.79 Å². The number of amides is 1. The predicted octanol–water partition coefficient (Wildman–Crippen LogP) is 4.72. The molecule has 0 atom stereocenters. The molecule has 0 bridgehead atoms. The minimum Gasteiger partial charge on any atom is -0.370 e. The molecular formula is C25H33N3O3S.